The van der Waals surface area contributed by atoms with Crippen molar-refractivity contribution < 1.29 is 23.2 Å². The molecule has 128 valence electrons. The highest BCUT2D eigenvalue weighted by Gasteiger charge is 2.40. The molecule has 1 saturated heterocycles. The Morgan fingerprint density at radius 1 is 1.30 bits per heavy atom. The third-order valence-electron chi connectivity index (χ3n) is 4.02. The summed E-state index contributed by atoms with van der Waals surface area (Å²) in [5, 5.41) is 10.2. The number of rotatable bonds is 2. The fourth-order valence-electron chi connectivity index (χ4n) is 2.63. The molecule has 0 saturated carbocycles. The molecule has 0 aliphatic carbocycles. The van der Waals surface area contributed by atoms with E-state index in [4.69, 9.17) is 11.6 Å². The van der Waals surface area contributed by atoms with Crippen LogP contribution in [0, 0.1) is 5.92 Å². The molecule has 1 N–H and O–H groups in total. The number of quaternary nitrogens is 1. The van der Waals surface area contributed by atoms with E-state index in [-0.39, 0.29) is 43.7 Å². The lowest BCUT2D eigenvalue weighted by Crippen LogP contribution is -2.60. The summed E-state index contributed by atoms with van der Waals surface area (Å²) in [5.74, 6) is -0.176. The van der Waals surface area contributed by atoms with Crippen LogP contribution < -0.4 is 4.65 Å². The molecule has 0 atom stereocenters. The van der Waals surface area contributed by atoms with Gasteiger partial charge in [0.05, 0.1) is 23.7 Å². The normalized spacial score (nSPS) is 18.3. The van der Waals surface area contributed by atoms with E-state index in [0.717, 1.165) is 12.1 Å². The summed E-state index contributed by atoms with van der Waals surface area (Å²) in [4.78, 5) is 13.6. The third kappa shape index (κ3) is 3.79. The smallest absolute Gasteiger partial charge is 0.331 e. The SMILES string of the molecule is CC(C)C(=O)N1CC[N+](O)(c2ccc(Cl)c(C(F)(F)F)c2)CC1. The Labute approximate surface area is 137 Å². The molecule has 1 aromatic carbocycles. The maximum Gasteiger partial charge on any atom is 0.418 e. The predicted molar refractivity (Wildman–Crippen MR) is 81.2 cm³/mol. The molecule has 0 spiro atoms. The number of hydroxylamine groups is 2. The van der Waals surface area contributed by atoms with Crippen molar-refractivity contribution in [2.75, 3.05) is 26.2 Å². The lowest BCUT2D eigenvalue weighted by atomic mass is 10.1. The van der Waals surface area contributed by atoms with E-state index in [0.29, 0.717) is 0 Å². The van der Waals surface area contributed by atoms with Crippen molar-refractivity contribution in [3.8, 4) is 0 Å². The number of hydrogen-bond acceptors (Lipinski definition) is 2. The number of alkyl halides is 3. The fourth-order valence-corrected chi connectivity index (χ4v) is 2.85. The lowest BCUT2D eigenvalue weighted by molar-refractivity contribution is -0.146. The van der Waals surface area contributed by atoms with Gasteiger partial charge < -0.3 is 4.90 Å². The number of benzene rings is 1. The van der Waals surface area contributed by atoms with Crippen molar-refractivity contribution >= 4 is 23.2 Å². The van der Waals surface area contributed by atoms with E-state index in [1.807, 2.05) is 0 Å². The van der Waals surface area contributed by atoms with Crippen LogP contribution in [0.3, 0.4) is 0 Å². The van der Waals surface area contributed by atoms with Gasteiger partial charge in [-0.25, -0.2) is 5.21 Å². The molecule has 1 aliphatic heterocycles. The Morgan fingerprint density at radius 2 is 1.87 bits per heavy atom. The molecule has 1 fully saturated rings. The average Bonchev–Trinajstić information content (AvgIpc) is 2.46. The van der Waals surface area contributed by atoms with E-state index < -0.39 is 21.4 Å². The number of amides is 1. The van der Waals surface area contributed by atoms with Crippen LogP contribution in [0.1, 0.15) is 19.4 Å². The first kappa shape index (κ1) is 18.0. The maximum atomic E-state index is 13.0. The Balaban J connectivity index is 2.22. The van der Waals surface area contributed by atoms with E-state index in [9.17, 15) is 23.2 Å². The number of hydrogen-bond donors (Lipinski definition) is 1. The van der Waals surface area contributed by atoms with E-state index in [1.165, 1.54) is 6.07 Å². The zero-order valence-corrected chi connectivity index (χ0v) is 13.7. The number of halogens is 4. The van der Waals surface area contributed by atoms with Gasteiger partial charge in [0, 0.05) is 18.1 Å². The van der Waals surface area contributed by atoms with Crippen molar-refractivity contribution in [3.63, 3.8) is 0 Å². The number of carbonyl (C=O) groups excluding carboxylic acids is 1. The monoisotopic (exact) mass is 351 g/mol. The lowest BCUT2D eigenvalue weighted by Gasteiger charge is -2.38. The zero-order valence-electron chi connectivity index (χ0n) is 12.9. The van der Waals surface area contributed by atoms with Crippen LogP contribution in [0.5, 0.6) is 0 Å². The molecule has 0 radical (unpaired) electrons. The second-order valence-electron chi connectivity index (χ2n) is 6.01. The second-order valence-corrected chi connectivity index (χ2v) is 6.42. The molecule has 2 rings (SSSR count). The van der Waals surface area contributed by atoms with Gasteiger partial charge in [-0.2, -0.15) is 13.2 Å². The van der Waals surface area contributed by atoms with Crippen LogP contribution in [0.4, 0.5) is 18.9 Å². The fraction of sp³-hybridized carbons (Fsp3) is 0.533. The van der Waals surface area contributed by atoms with Crippen LogP contribution in [0.2, 0.25) is 5.02 Å². The molecule has 4 nitrogen and oxygen atoms in total. The first-order valence-electron chi connectivity index (χ1n) is 7.30. The van der Waals surface area contributed by atoms with Crippen LogP contribution in [0.15, 0.2) is 18.2 Å². The number of piperazine rings is 1. The largest absolute Gasteiger partial charge is 0.418 e. The first-order chi connectivity index (χ1) is 10.5. The van der Waals surface area contributed by atoms with Crippen molar-refractivity contribution in [1.82, 2.24) is 9.55 Å². The molecule has 23 heavy (non-hydrogen) atoms. The Morgan fingerprint density at radius 3 is 2.35 bits per heavy atom. The van der Waals surface area contributed by atoms with E-state index in [1.54, 1.807) is 18.7 Å². The van der Waals surface area contributed by atoms with E-state index in [2.05, 4.69) is 0 Å². The Kier molecular flexibility index (Phi) is 4.94. The highest BCUT2D eigenvalue weighted by Crippen LogP contribution is 2.38. The van der Waals surface area contributed by atoms with Gasteiger partial charge in [-0.15, -0.1) is 4.65 Å². The molecular formula is C15H19ClF3N2O2+. The van der Waals surface area contributed by atoms with Crippen LogP contribution in [0.25, 0.3) is 0 Å². The minimum atomic E-state index is -4.58. The summed E-state index contributed by atoms with van der Waals surface area (Å²) in [6.45, 7) is 4.42. The topological polar surface area (TPSA) is 40.5 Å². The quantitative estimate of drug-likeness (QED) is 0.828. The number of nitrogens with zero attached hydrogens (tertiary/aromatic N) is 2. The average molecular weight is 352 g/mol. The molecule has 1 aromatic rings. The first-order valence-corrected chi connectivity index (χ1v) is 7.68. The highest BCUT2D eigenvalue weighted by atomic mass is 35.5. The van der Waals surface area contributed by atoms with Gasteiger partial charge >= 0.3 is 6.18 Å². The Hall–Kier alpha value is -1.31. The van der Waals surface area contributed by atoms with Crippen molar-refractivity contribution in [2.24, 2.45) is 5.92 Å². The molecule has 0 aromatic heterocycles. The third-order valence-corrected chi connectivity index (χ3v) is 4.35. The highest BCUT2D eigenvalue weighted by molar-refractivity contribution is 6.31. The van der Waals surface area contributed by atoms with Crippen LogP contribution >= 0.6 is 11.6 Å². The maximum absolute atomic E-state index is 13.0. The standard InChI is InChI=1S/C15H19ClF3N2O2/c1-10(2)14(22)20-5-7-21(23,8-6-20)11-3-4-13(16)12(9-11)15(17,18)19/h3-4,9-10,23H,5-8H2,1-2H3/q+1. The second kappa shape index (κ2) is 6.30. The minimum Gasteiger partial charge on any atom is -0.331 e. The van der Waals surface area contributed by atoms with Gasteiger partial charge in [-0.3, -0.25) is 4.79 Å². The summed E-state index contributed by atoms with van der Waals surface area (Å²) in [7, 11) is 0. The predicted octanol–water partition coefficient (Wildman–Crippen LogP) is 3.55. The molecule has 0 unspecified atom stereocenters. The Bertz CT molecular complexity index is 597. The van der Waals surface area contributed by atoms with Gasteiger partial charge in [-0.05, 0) is 6.07 Å². The van der Waals surface area contributed by atoms with Gasteiger partial charge in [-0.1, -0.05) is 25.4 Å². The van der Waals surface area contributed by atoms with Gasteiger partial charge in [0.1, 0.15) is 13.1 Å². The van der Waals surface area contributed by atoms with Gasteiger partial charge in [0.2, 0.25) is 5.91 Å². The number of carbonyl (C=O) groups is 1. The molecule has 8 heteroatoms. The molecule has 1 aliphatic rings. The molecular weight excluding hydrogens is 333 g/mol. The van der Waals surface area contributed by atoms with Crippen LogP contribution in [-0.4, -0.2) is 42.2 Å². The molecule has 0 bridgehead atoms. The van der Waals surface area contributed by atoms with Crippen molar-refractivity contribution in [2.45, 2.75) is 20.0 Å². The van der Waals surface area contributed by atoms with Gasteiger partial charge in [0.15, 0.2) is 5.69 Å². The van der Waals surface area contributed by atoms with E-state index >= 15 is 0 Å². The summed E-state index contributed by atoms with van der Waals surface area (Å²) in [6.07, 6.45) is -4.58. The van der Waals surface area contributed by atoms with Crippen molar-refractivity contribution in [1.29, 1.82) is 0 Å². The van der Waals surface area contributed by atoms with Gasteiger partial charge in [0.25, 0.3) is 0 Å². The van der Waals surface area contributed by atoms with Crippen LogP contribution in [-0.2, 0) is 11.0 Å². The molecule has 1 amide bonds. The minimum absolute atomic E-state index is 0.0247. The summed E-state index contributed by atoms with van der Waals surface area (Å²) in [5.41, 5.74) is -0.845. The van der Waals surface area contributed by atoms with Crippen molar-refractivity contribution in [3.05, 3.63) is 28.8 Å². The summed E-state index contributed by atoms with van der Waals surface area (Å²) < 4.78 is 38.2. The summed E-state index contributed by atoms with van der Waals surface area (Å²) in [6, 6.07) is 3.40. The zero-order chi connectivity index (χ0) is 17.4. The summed E-state index contributed by atoms with van der Waals surface area (Å²) >= 11 is 5.60. The molecule has 1 heterocycles.